The lowest BCUT2D eigenvalue weighted by Crippen LogP contribution is -2.52. The number of amides is 1. The van der Waals surface area contributed by atoms with Crippen LogP contribution in [0.25, 0.3) is 6.08 Å². The summed E-state index contributed by atoms with van der Waals surface area (Å²) in [6.45, 7) is 2.04. The van der Waals surface area contributed by atoms with E-state index in [-0.39, 0.29) is 23.6 Å². The van der Waals surface area contributed by atoms with Crippen LogP contribution in [0.1, 0.15) is 18.9 Å². The summed E-state index contributed by atoms with van der Waals surface area (Å²) in [5.41, 5.74) is 6.61. The third-order valence-corrected chi connectivity index (χ3v) is 2.89. The van der Waals surface area contributed by atoms with Crippen LogP contribution in [0.2, 0.25) is 0 Å². The topological polar surface area (TPSA) is 61.4 Å². The molecule has 3 N–H and O–H groups in total. The fourth-order valence-corrected chi connectivity index (χ4v) is 1.81. The number of hydrazine groups is 1. The number of carbonyl (C=O) groups is 1. The van der Waals surface area contributed by atoms with E-state index < -0.39 is 0 Å². The molecule has 0 aliphatic carbocycles. The van der Waals surface area contributed by atoms with Crippen molar-refractivity contribution in [3.05, 3.63) is 35.9 Å². The standard InChI is InChI=1S/C13H16N2O2/c1-9-8-13(17)15-14-12(9)7-4-10-2-5-11(16)6-3-10/h2-7,9,12,14,16H,8H2,1H3,(H,15,17)/b7-4+. The normalized spacial score (nSPS) is 24.9. The van der Waals surface area contributed by atoms with Crippen molar-refractivity contribution in [3.8, 4) is 5.75 Å². The monoisotopic (exact) mass is 232 g/mol. The molecule has 17 heavy (non-hydrogen) atoms. The van der Waals surface area contributed by atoms with E-state index in [0.29, 0.717) is 6.42 Å². The molecular weight excluding hydrogens is 216 g/mol. The van der Waals surface area contributed by atoms with Crippen LogP contribution in [0.15, 0.2) is 30.3 Å². The van der Waals surface area contributed by atoms with Crippen LogP contribution < -0.4 is 10.9 Å². The second-order valence-electron chi connectivity index (χ2n) is 4.35. The summed E-state index contributed by atoms with van der Waals surface area (Å²) in [5, 5.41) is 9.16. The number of nitrogens with one attached hydrogen (secondary N) is 2. The number of hydrogen-bond acceptors (Lipinski definition) is 3. The maximum absolute atomic E-state index is 11.1. The van der Waals surface area contributed by atoms with E-state index in [2.05, 4.69) is 10.9 Å². The molecule has 4 heteroatoms. The Hall–Kier alpha value is -1.81. The molecule has 1 aromatic rings. The van der Waals surface area contributed by atoms with Crippen LogP contribution in [0.4, 0.5) is 0 Å². The zero-order chi connectivity index (χ0) is 12.3. The highest BCUT2D eigenvalue weighted by atomic mass is 16.3. The van der Waals surface area contributed by atoms with Gasteiger partial charge in [0.1, 0.15) is 5.75 Å². The zero-order valence-corrected chi connectivity index (χ0v) is 9.68. The molecule has 0 saturated carbocycles. The molecule has 0 spiro atoms. The molecule has 1 aliphatic heterocycles. The minimum atomic E-state index is 0.0341. The molecule has 0 radical (unpaired) electrons. The van der Waals surface area contributed by atoms with E-state index >= 15 is 0 Å². The summed E-state index contributed by atoms with van der Waals surface area (Å²) in [4.78, 5) is 11.1. The molecule has 1 aliphatic rings. The first-order valence-corrected chi connectivity index (χ1v) is 5.67. The maximum atomic E-state index is 11.1. The van der Waals surface area contributed by atoms with Crippen molar-refractivity contribution in [3.63, 3.8) is 0 Å². The predicted octanol–water partition coefficient (Wildman–Crippen LogP) is 1.43. The fourth-order valence-electron chi connectivity index (χ4n) is 1.81. The second kappa shape index (κ2) is 5.01. The number of phenols is 1. The second-order valence-corrected chi connectivity index (χ2v) is 4.35. The first-order valence-electron chi connectivity index (χ1n) is 5.67. The molecular formula is C13H16N2O2. The van der Waals surface area contributed by atoms with Gasteiger partial charge in [0, 0.05) is 12.5 Å². The molecule has 1 fully saturated rings. The van der Waals surface area contributed by atoms with E-state index in [9.17, 15) is 4.79 Å². The van der Waals surface area contributed by atoms with Crippen LogP contribution in [0.5, 0.6) is 5.75 Å². The Labute approximate surface area is 100 Å². The summed E-state index contributed by atoms with van der Waals surface area (Å²) in [5.74, 6) is 0.572. The van der Waals surface area contributed by atoms with Crippen LogP contribution in [-0.4, -0.2) is 17.1 Å². The number of benzene rings is 1. The molecule has 1 aromatic carbocycles. The van der Waals surface area contributed by atoms with Gasteiger partial charge in [-0.15, -0.1) is 0 Å². The Morgan fingerprint density at radius 2 is 2.06 bits per heavy atom. The highest BCUT2D eigenvalue weighted by Crippen LogP contribution is 2.15. The van der Waals surface area contributed by atoms with Crippen molar-refractivity contribution in [1.82, 2.24) is 10.9 Å². The average Bonchev–Trinajstić information content (AvgIpc) is 2.30. The first kappa shape index (κ1) is 11.7. The molecule has 1 saturated heterocycles. The number of carbonyl (C=O) groups excluding carboxylic acids is 1. The minimum Gasteiger partial charge on any atom is -0.508 e. The third kappa shape index (κ3) is 3.07. The van der Waals surface area contributed by atoms with Crippen molar-refractivity contribution in [1.29, 1.82) is 0 Å². The van der Waals surface area contributed by atoms with Crippen molar-refractivity contribution in [2.24, 2.45) is 5.92 Å². The van der Waals surface area contributed by atoms with Crippen molar-refractivity contribution in [2.75, 3.05) is 0 Å². The summed E-state index contributed by atoms with van der Waals surface area (Å²) in [6, 6.07) is 7.13. The predicted molar refractivity (Wildman–Crippen MR) is 66.0 cm³/mol. The van der Waals surface area contributed by atoms with E-state index in [1.807, 2.05) is 31.2 Å². The lowest BCUT2D eigenvalue weighted by molar-refractivity contribution is -0.125. The van der Waals surface area contributed by atoms with Crippen molar-refractivity contribution < 1.29 is 9.90 Å². The third-order valence-electron chi connectivity index (χ3n) is 2.89. The molecule has 2 rings (SSSR count). The Balaban J connectivity index is 2.00. The highest BCUT2D eigenvalue weighted by Gasteiger charge is 2.22. The van der Waals surface area contributed by atoms with Crippen LogP contribution in [0, 0.1) is 5.92 Å². The summed E-state index contributed by atoms with van der Waals surface area (Å²) in [6.07, 6.45) is 4.54. The molecule has 0 aromatic heterocycles. The van der Waals surface area contributed by atoms with Gasteiger partial charge in [0.15, 0.2) is 0 Å². The largest absolute Gasteiger partial charge is 0.508 e. The Kier molecular flexibility index (Phi) is 3.44. The average molecular weight is 232 g/mol. The molecule has 4 nitrogen and oxygen atoms in total. The Morgan fingerprint density at radius 1 is 1.35 bits per heavy atom. The number of rotatable bonds is 2. The Bertz CT molecular complexity index is 426. The van der Waals surface area contributed by atoms with E-state index in [0.717, 1.165) is 5.56 Å². The number of phenolic OH excluding ortho intramolecular Hbond substituents is 1. The van der Waals surface area contributed by atoms with Gasteiger partial charge in [-0.1, -0.05) is 31.2 Å². The molecule has 2 unspecified atom stereocenters. The SMILES string of the molecule is CC1CC(=O)NNC1/C=C/c1ccc(O)cc1. The lowest BCUT2D eigenvalue weighted by Gasteiger charge is -2.27. The van der Waals surface area contributed by atoms with Crippen LogP contribution >= 0.6 is 0 Å². The van der Waals surface area contributed by atoms with E-state index in [1.165, 1.54) is 0 Å². The first-order chi connectivity index (χ1) is 8.15. The van der Waals surface area contributed by atoms with E-state index in [1.54, 1.807) is 12.1 Å². The van der Waals surface area contributed by atoms with Crippen molar-refractivity contribution >= 4 is 12.0 Å². The van der Waals surface area contributed by atoms with Crippen LogP contribution in [0.3, 0.4) is 0 Å². The molecule has 2 atom stereocenters. The van der Waals surface area contributed by atoms with Gasteiger partial charge < -0.3 is 5.11 Å². The van der Waals surface area contributed by atoms with Gasteiger partial charge in [0.25, 0.3) is 0 Å². The van der Waals surface area contributed by atoms with Gasteiger partial charge >= 0.3 is 0 Å². The van der Waals surface area contributed by atoms with Crippen LogP contribution in [-0.2, 0) is 4.79 Å². The molecule has 1 amide bonds. The fraction of sp³-hybridized carbons (Fsp3) is 0.308. The van der Waals surface area contributed by atoms with Gasteiger partial charge in [-0.25, -0.2) is 5.43 Å². The zero-order valence-electron chi connectivity index (χ0n) is 9.68. The lowest BCUT2D eigenvalue weighted by atomic mass is 9.96. The minimum absolute atomic E-state index is 0.0341. The number of hydrogen-bond donors (Lipinski definition) is 3. The maximum Gasteiger partial charge on any atom is 0.234 e. The quantitative estimate of drug-likeness (QED) is 0.723. The summed E-state index contributed by atoms with van der Waals surface area (Å²) < 4.78 is 0. The Morgan fingerprint density at radius 3 is 2.71 bits per heavy atom. The summed E-state index contributed by atoms with van der Waals surface area (Å²) >= 11 is 0. The van der Waals surface area contributed by atoms with Gasteiger partial charge in [0.2, 0.25) is 5.91 Å². The van der Waals surface area contributed by atoms with Gasteiger partial charge in [-0.2, -0.15) is 0 Å². The highest BCUT2D eigenvalue weighted by molar-refractivity contribution is 5.76. The number of aromatic hydroxyl groups is 1. The molecule has 90 valence electrons. The van der Waals surface area contributed by atoms with Gasteiger partial charge in [-0.05, 0) is 23.6 Å². The molecule has 0 bridgehead atoms. The summed E-state index contributed by atoms with van der Waals surface area (Å²) in [7, 11) is 0. The smallest absolute Gasteiger partial charge is 0.234 e. The van der Waals surface area contributed by atoms with E-state index in [4.69, 9.17) is 5.11 Å². The molecule has 1 heterocycles. The van der Waals surface area contributed by atoms with Crippen molar-refractivity contribution in [2.45, 2.75) is 19.4 Å². The van der Waals surface area contributed by atoms with Gasteiger partial charge in [0.05, 0.1) is 0 Å². The van der Waals surface area contributed by atoms with Gasteiger partial charge in [-0.3, -0.25) is 10.2 Å².